The molecule has 25 heavy (non-hydrogen) atoms. The number of hydrogen-bond donors (Lipinski definition) is 2. The fourth-order valence-corrected chi connectivity index (χ4v) is 3.15. The average Bonchev–Trinajstić information content (AvgIpc) is 2.70. The van der Waals surface area contributed by atoms with E-state index in [1.165, 1.54) is 0 Å². The molecule has 6 heteroatoms. The maximum Gasteiger partial charge on any atom is 0.316 e. The summed E-state index contributed by atoms with van der Waals surface area (Å²) in [5, 5.41) is 2.59. The van der Waals surface area contributed by atoms with Crippen LogP contribution in [0, 0.1) is 0 Å². The Labute approximate surface area is 147 Å². The average molecular weight is 338 g/mol. The Balaban J connectivity index is 2.13. The molecule has 0 aromatic heterocycles. The number of carbonyl (C=O) groups is 2. The number of carbonyl (C=O) groups excluding carboxylic acids is 2. The lowest BCUT2D eigenvalue weighted by Crippen LogP contribution is -2.35. The zero-order valence-electron chi connectivity index (χ0n) is 14.5. The Morgan fingerprint density at radius 3 is 2.44 bits per heavy atom. The van der Waals surface area contributed by atoms with Crippen molar-refractivity contribution in [3.8, 4) is 0 Å². The second-order valence-corrected chi connectivity index (χ2v) is 6.43. The maximum absolute atomic E-state index is 13.0. The Morgan fingerprint density at radius 1 is 1.08 bits per heavy atom. The van der Waals surface area contributed by atoms with Gasteiger partial charge in [0.1, 0.15) is 0 Å². The van der Waals surface area contributed by atoms with Gasteiger partial charge in [0.25, 0.3) is 0 Å². The summed E-state index contributed by atoms with van der Waals surface area (Å²) in [7, 11) is 3.74. The quantitative estimate of drug-likeness (QED) is 0.902. The number of nitrogens with zero attached hydrogens (tertiary/aromatic N) is 2. The van der Waals surface area contributed by atoms with E-state index in [1.807, 2.05) is 55.4 Å². The summed E-state index contributed by atoms with van der Waals surface area (Å²) < 4.78 is 0. The fourth-order valence-electron chi connectivity index (χ4n) is 3.15. The van der Waals surface area contributed by atoms with Crippen molar-refractivity contribution in [2.24, 2.45) is 5.73 Å². The van der Waals surface area contributed by atoms with Crippen LogP contribution >= 0.6 is 0 Å². The minimum Gasteiger partial charge on any atom is -0.351 e. The molecule has 0 bridgehead atoms. The van der Waals surface area contributed by atoms with Gasteiger partial charge in [-0.25, -0.2) is 4.79 Å². The van der Waals surface area contributed by atoms with Crippen molar-refractivity contribution < 1.29 is 9.59 Å². The van der Waals surface area contributed by atoms with Crippen molar-refractivity contribution in [2.45, 2.75) is 12.8 Å². The van der Waals surface area contributed by atoms with E-state index in [9.17, 15) is 9.59 Å². The van der Waals surface area contributed by atoms with Crippen LogP contribution in [0.4, 0.5) is 21.9 Å². The molecular weight excluding hydrogens is 316 g/mol. The number of urea groups is 1. The molecular formula is C19H22N4O2. The number of primary amides is 1. The zero-order valence-corrected chi connectivity index (χ0v) is 14.5. The Hall–Kier alpha value is -2.86. The normalized spacial score (nSPS) is 13.0. The van der Waals surface area contributed by atoms with Crippen LogP contribution in [0.3, 0.4) is 0 Å². The first-order valence-electron chi connectivity index (χ1n) is 8.20. The molecule has 3 amide bonds. The van der Waals surface area contributed by atoms with Gasteiger partial charge in [0.2, 0.25) is 5.91 Å². The molecule has 0 saturated carbocycles. The third-order valence-corrected chi connectivity index (χ3v) is 4.19. The molecule has 2 aromatic carbocycles. The van der Waals surface area contributed by atoms with Crippen LogP contribution in [0.15, 0.2) is 42.5 Å². The van der Waals surface area contributed by atoms with Gasteiger partial charge in [0.15, 0.2) is 0 Å². The molecule has 1 aliphatic rings. The van der Waals surface area contributed by atoms with E-state index in [-0.39, 0.29) is 5.91 Å². The number of aryl methyl sites for hydroxylation is 2. The van der Waals surface area contributed by atoms with Crippen molar-refractivity contribution in [3.63, 3.8) is 0 Å². The lowest BCUT2D eigenvalue weighted by molar-refractivity contribution is -0.118. The van der Waals surface area contributed by atoms with Gasteiger partial charge in [-0.1, -0.05) is 24.3 Å². The molecule has 3 N–H and O–H groups in total. The maximum atomic E-state index is 13.0. The lowest BCUT2D eigenvalue weighted by atomic mass is 10.0. The largest absolute Gasteiger partial charge is 0.351 e. The molecule has 0 radical (unpaired) electrons. The van der Waals surface area contributed by atoms with E-state index in [0.29, 0.717) is 12.2 Å². The topological polar surface area (TPSA) is 78.7 Å². The van der Waals surface area contributed by atoms with Crippen molar-refractivity contribution in [1.29, 1.82) is 0 Å². The molecule has 0 fully saturated rings. The second-order valence-electron chi connectivity index (χ2n) is 6.43. The molecule has 0 atom stereocenters. The zero-order chi connectivity index (χ0) is 18.0. The first-order valence-corrected chi connectivity index (χ1v) is 8.20. The molecule has 0 aliphatic carbocycles. The summed E-state index contributed by atoms with van der Waals surface area (Å²) in [6.07, 6.45) is 1.69. The Morgan fingerprint density at radius 2 is 1.76 bits per heavy atom. The molecule has 0 unspecified atom stereocenters. The second kappa shape index (κ2) is 6.94. The minimum atomic E-state index is -0.625. The van der Waals surface area contributed by atoms with Crippen molar-refractivity contribution in [1.82, 2.24) is 4.90 Å². The molecule has 1 heterocycles. The van der Waals surface area contributed by atoms with Crippen molar-refractivity contribution in [3.05, 3.63) is 53.6 Å². The van der Waals surface area contributed by atoms with Crippen LogP contribution in [-0.2, 0) is 17.6 Å². The highest BCUT2D eigenvalue weighted by Gasteiger charge is 2.26. The van der Waals surface area contributed by atoms with Gasteiger partial charge in [0.05, 0.1) is 17.9 Å². The number of anilines is 3. The molecule has 1 aliphatic heterocycles. The standard InChI is InChI=1S/C19H22N4O2/c1-22(2)12-18(24)23-16-6-4-3-5-13(16)7-8-14-9-10-15(11-17(14)23)21-19(20)25/h3-6,9-11H,7-8,12H2,1-2H3,(H3,20,21,25). The van der Waals surface area contributed by atoms with E-state index >= 15 is 0 Å². The van der Waals surface area contributed by atoms with E-state index in [2.05, 4.69) is 11.4 Å². The fraction of sp³-hybridized carbons (Fsp3) is 0.263. The van der Waals surface area contributed by atoms with Gasteiger partial charge in [-0.15, -0.1) is 0 Å². The van der Waals surface area contributed by atoms with Crippen LogP contribution in [0.1, 0.15) is 11.1 Å². The molecule has 6 nitrogen and oxygen atoms in total. The number of likely N-dealkylation sites (N-methyl/N-ethyl adjacent to an activating group) is 1. The predicted octanol–water partition coefficient (Wildman–Crippen LogP) is 2.50. The van der Waals surface area contributed by atoms with Gasteiger partial charge in [-0.3, -0.25) is 9.69 Å². The van der Waals surface area contributed by atoms with Gasteiger partial charge < -0.3 is 16.0 Å². The molecule has 2 aromatic rings. The highest BCUT2D eigenvalue weighted by Crippen LogP contribution is 2.37. The third-order valence-electron chi connectivity index (χ3n) is 4.19. The number of amides is 3. The monoisotopic (exact) mass is 338 g/mol. The summed E-state index contributed by atoms with van der Waals surface area (Å²) in [5.74, 6) is -0.0168. The summed E-state index contributed by atoms with van der Waals surface area (Å²) in [6, 6.07) is 12.9. The van der Waals surface area contributed by atoms with E-state index < -0.39 is 6.03 Å². The highest BCUT2D eigenvalue weighted by molar-refractivity contribution is 6.04. The first kappa shape index (κ1) is 17.0. The molecule has 3 rings (SSSR count). The van der Waals surface area contributed by atoms with Crippen LogP contribution in [0.25, 0.3) is 0 Å². The van der Waals surface area contributed by atoms with E-state index in [1.54, 1.807) is 4.90 Å². The first-order chi connectivity index (χ1) is 12.0. The molecule has 130 valence electrons. The summed E-state index contributed by atoms with van der Waals surface area (Å²) >= 11 is 0. The number of hydrogen-bond acceptors (Lipinski definition) is 3. The van der Waals surface area contributed by atoms with Crippen molar-refractivity contribution >= 4 is 29.0 Å². The summed E-state index contributed by atoms with van der Waals surface area (Å²) in [6.45, 7) is 0.293. The van der Waals surface area contributed by atoms with Gasteiger partial charge in [-0.2, -0.15) is 0 Å². The number of nitrogens with two attached hydrogens (primary N) is 1. The summed E-state index contributed by atoms with van der Waals surface area (Å²) in [4.78, 5) is 27.8. The van der Waals surface area contributed by atoms with Crippen LogP contribution < -0.4 is 16.0 Å². The lowest BCUT2D eigenvalue weighted by Gasteiger charge is -2.26. The summed E-state index contributed by atoms with van der Waals surface area (Å²) in [5.41, 5.74) is 9.70. The van der Waals surface area contributed by atoms with E-state index in [0.717, 1.165) is 35.3 Å². The van der Waals surface area contributed by atoms with Gasteiger partial charge in [0, 0.05) is 5.69 Å². The number of rotatable bonds is 3. The predicted molar refractivity (Wildman–Crippen MR) is 99.2 cm³/mol. The van der Waals surface area contributed by atoms with Crippen LogP contribution in [0.2, 0.25) is 0 Å². The highest BCUT2D eigenvalue weighted by atomic mass is 16.2. The third kappa shape index (κ3) is 3.64. The number of fused-ring (bicyclic) bond motifs is 2. The van der Waals surface area contributed by atoms with E-state index in [4.69, 9.17) is 5.73 Å². The smallest absolute Gasteiger partial charge is 0.316 e. The SMILES string of the molecule is CN(C)CC(=O)N1c2ccccc2CCc2ccc(NC(N)=O)cc21. The molecule has 0 saturated heterocycles. The molecule has 0 spiro atoms. The van der Waals surface area contributed by atoms with Gasteiger partial charge >= 0.3 is 6.03 Å². The van der Waals surface area contributed by atoms with Crippen LogP contribution in [-0.4, -0.2) is 37.5 Å². The van der Waals surface area contributed by atoms with Crippen molar-refractivity contribution in [2.75, 3.05) is 30.9 Å². The number of para-hydroxylation sites is 1. The number of nitrogens with one attached hydrogen (secondary N) is 1. The minimum absolute atomic E-state index is 0.0168. The Kier molecular flexibility index (Phi) is 4.72. The number of benzene rings is 2. The van der Waals surface area contributed by atoms with Gasteiger partial charge in [-0.05, 0) is 56.3 Å². The Bertz CT molecular complexity index is 817. The van der Waals surface area contributed by atoms with Crippen LogP contribution in [0.5, 0.6) is 0 Å².